The molecule has 0 spiro atoms. The zero-order chi connectivity index (χ0) is 15.7. The fraction of sp³-hybridized carbons (Fsp3) is 0.824. The van der Waals surface area contributed by atoms with Crippen LogP contribution in [0.1, 0.15) is 52.4 Å². The number of allylic oxidation sites excluding steroid dienone is 1. The van der Waals surface area contributed by atoms with Crippen LogP contribution < -0.4 is 0 Å². The zero-order valence-corrected chi connectivity index (χ0v) is 13.1. The van der Waals surface area contributed by atoms with Crippen molar-refractivity contribution in [3.63, 3.8) is 0 Å². The van der Waals surface area contributed by atoms with E-state index in [0.29, 0.717) is 6.42 Å². The van der Waals surface area contributed by atoms with Crippen molar-refractivity contribution in [2.45, 2.75) is 64.1 Å². The molecule has 0 saturated heterocycles. The SMILES string of the molecule is CCC[C@H]1C(=O)C[C@](CO)([C@H](O)[C@@H]2C=CCCC2)[C@@]1(C)O. The van der Waals surface area contributed by atoms with E-state index in [0.717, 1.165) is 25.7 Å². The van der Waals surface area contributed by atoms with E-state index in [2.05, 4.69) is 0 Å². The van der Waals surface area contributed by atoms with Gasteiger partial charge in [-0.25, -0.2) is 0 Å². The Morgan fingerprint density at radius 1 is 1.48 bits per heavy atom. The smallest absolute Gasteiger partial charge is 0.139 e. The minimum absolute atomic E-state index is 0.0326. The summed E-state index contributed by atoms with van der Waals surface area (Å²) in [6.45, 7) is 3.23. The zero-order valence-electron chi connectivity index (χ0n) is 13.1. The molecule has 0 amide bonds. The van der Waals surface area contributed by atoms with Gasteiger partial charge in [-0.15, -0.1) is 0 Å². The number of Topliss-reactive ketones (excluding diaryl/α,β-unsaturated/α-hetero) is 1. The van der Waals surface area contributed by atoms with Crippen LogP contribution in [0.25, 0.3) is 0 Å². The van der Waals surface area contributed by atoms with Gasteiger partial charge in [0.05, 0.1) is 23.7 Å². The van der Waals surface area contributed by atoms with E-state index in [1.165, 1.54) is 0 Å². The molecule has 0 aromatic rings. The Morgan fingerprint density at radius 3 is 2.71 bits per heavy atom. The van der Waals surface area contributed by atoms with Crippen LogP contribution in [-0.2, 0) is 4.79 Å². The predicted molar refractivity (Wildman–Crippen MR) is 80.7 cm³/mol. The second-order valence-electron chi connectivity index (χ2n) is 6.91. The van der Waals surface area contributed by atoms with Crippen LogP contribution in [0, 0.1) is 17.3 Å². The van der Waals surface area contributed by atoms with Gasteiger partial charge in [0.2, 0.25) is 0 Å². The molecule has 1 saturated carbocycles. The fourth-order valence-electron chi connectivity index (χ4n) is 4.23. The highest BCUT2D eigenvalue weighted by atomic mass is 16.3. The molecule has 4 heteroatoms. The fourth-order valence-corrected chi connectivity index (χ4v) is 4.23. The number of aliphatic hydroxyl groups is 3. The average molecular weight is 296 g/mol. The highest BCUT2D eigenvalue weighted by molar-refractivity contribution is 5.86. The summed E-state index contributed by atoms with van der Waals surface area (Å²) in [7, 11) is 0. The average Bonchev–Trinajstić information content (AvgIpc) is 2.68. The lowest BCUT2D eigenvalue weighted by molar-refractivity contribution is -0.164. The van der Waals surface area contributed by atoms with Gasteiger partial charge in [-0.1, -0.05) is 25.5 Å². The summed E-state index contributed by atoms with van der Waals surface area (Å²) in [5.41, 5.74) is -2.50. The summed E-state index contributed by atoms with van der Waals surface area (Å²) in [4.78, 5) is 12.3. The molecule has 2 aliphatic carbocycles. The Balaban J connectivity index is 2.33. The van der Waals surface area contributed by atoms with Crippen LogP contribution >= 0.6 is 0 Å². The normalized spacial score (nSPS) is 41.5. The first-order valence-electron chi connectivity index (χ1n) is 8.11. The quantitative estimate of drug-likeness (QED) is 0.676. The minimum Gasteiger partial charge on any atom is -0.396 e. The van der Waals surface area contributed by atoms with E-state index in [9.17, 15) is 20.1 Å². The number of carbonyl (C=O) groups excluding carboxylic acids is 1. The molecule has 0 bridgehead atoms. The van der Waals surface area contributed by atoms with Gasteiger partial charge in [0, 0.05) is 18.3 Å². The molecule has 0 unspecified atom stereocenters. The third-order valence-electron chi connectivity index (χ3n) is 5.69. The maximum Gasteiger partial charge on any atom is 0.139 e. The minimum atomic E-state index is -1.36. The maximum atomic E-state index is 12.3. The van der Waals surface area contributed by atoms with Gasteiger partial charge in [0.15, 0.2) is 0 Å². The molecule has 21 heavy (non-hydrogen) atoms. The first-order chi connectivity index (χ1) is 9.90. The van der Waals surface area contributed by atoms with Crippen LogP contribution in [0.15, 0.2) is 12.2 Å². The van der Waals surface area contributed by atoms with E-state index in [4.69, 9.17) is 0 Å². The lowest BCUT2D eigenvalue weighted by Crippen LogP contribution is -2.56. The number of carbonyl (C=O) groups is 1. The molecule has 0 heterocycles. The molecule has 1 fully saturated rings. The second-order valence-corrected chi connectivity index (χ2v) is 6.91. The van der Waals surface area contributed by atoms with E-state index in [1.807, 2.05) is 19.1 Å². The molecule has 0 radical (unpaired) electrons. The van der Waals surface area contributed by atoms with Crippen LogP contribution in [0.3, 0.4) is 0 Å². The molecule has 5 atom stereocenters. The number of hydrogen-bond donors (Lipinski definition) is 3. The van der Waals surface area contributed by atoms with Crippen molar-refractivity contribution < 1.29 is 20.1 Å². The van der Waals surface area contributed by atoms with Crippen molar-refractivity contribution in [1.82, 2.24) is 0 Å². The first kappa shape index (κ1) is 16.7. The summed E-state index contributed by atoms with van der Waals surface area (Å²) in [6, 6.07) is 0. The molecule has 0 aromatic heterocycles. The van der Waals surface area contributed by atoms with Crippen LogP contribution in [0.5, 0.6) is 0 Å². The Bertz CT molecular complexity index is 415. The summed E-state index contributed by atoms with van der Waals surface area (Å²) in [6.07, 6.45) is 7.41. The van der Waals surface area contributed by atoms with Gasteiger partial charge in [-0.05, 0) is 32.6 Å². The van der Waals surface area contributed by atoms with Crippen molar-refractivity contribution in [2.24, 2.45) is 17.3 Å². The highest BCUT2D eigenvalue weighted by Crippen LogP contribution is 2.53. The van der Waals surface area contributed by atoms with Crippen molar-refractivity contribution >= 4 is 5.78 Å². The first-order valence-corrected chi connectivity index (χ1v) is 8.11. The molecule has 2 rings (SSSR count). The maximum absolute atomic E-state index is 12.3. The summed E-state index contributed by atoms with van der Waals surface area (Å²) in [5, 5.41) is 31.8. The van der Waals surface area contributed by atoms with E-state index in [-0.39, 0.29) is 24.7 Å². The predicted octanol–water partition coefficient (Wildman–Crippen LogP) is 1.82. The standard InChI is InChI=1S/C17H28O4/c1-3-7-13-14(19)10-17(11-18,16(13,2)21)15(20)12-8-5-4-6-9-12/h5,8,12-13,15,18,20-21H,3-4,6-7,9-11H2,1-2H3/t12-,13+,15-,16+,17+/m1/s1. The van der Waals surface area contributed by atoms with Gasteiger partial charge in [-0.3, -0.25) is 4.79 Å². The Hall–Kier alpha value is -0.710. The van der Waals surface area contributed by atoms with Gasteiger partial charge >= 0.3 is 0 Å². The summed E-state index contributed by atoms with van der Waals surface area (Å²) < 4.78 is 0. The molecule has 3 N–H and O–H groups in total. The molecule has 0 aromatic carbocycles. The van der Waals surface area contributed by atoms with Crippen LogP contribution in [-0.4, -0.2) is 39.4 Å². The van der Waals surface area contributed by atoms with Crippen molar-refractivity contribution in [3.05, 3.63) is 12.2 Å². The third-order valence-corrected chi connectivity index (χ3v) is 5.69. The molecule has 4 nitrogen and oxygen atoms in total. The van der Waals surface area contributed by atoms with Crippen molar-refractivity contribution in [2.75, 3.05) is 6.61 Å². The number of hydrogen-bond acceptors (Lipinski definition) is 4. The Labute approximate surface area is 126 Å². The van der Waals surface area contributed by atoms with E-state index < -0.39 is 23.0 Å². The van der Waals surface area contributed by atoms with Gasteiger partial charge < -0.3 is 15.3 Å². The summed E-state index contributed by atoms with van der Waals surface area (Å²) >= 11 is 0. The number of aliphatic hydroxyl groups excluding tert-OH is 2. The highest BCUT2D eigenvalue weighted by Gasteiger charge is 2.64. The van der Waals surface area contributed by atoms with Gasteiger partial charge in [-0.2, -0.15) is 0 Å². The van der Waals surface area contributed by atoms with Gasteiger partial charge in [0.25, 0.3) is 0 Å². The molecule has 2 aliphatic rings. The number of rotatable bonds is 5. The molecule has 120 valence electrons. The Morgan fingerprint density at radius 2 is 2.19 bits per heavy atom. The van der Waals surface area contributed by atoms with E-state index >= 15 is 0 Å². The second kappa shape index (κ2) is 6.19. The molecular weight excluding hydrogens is 268 g/mol. The van der Waals surface area contributed by atoms with Crippen LogP contribution in [0.2, 0.25) is 0 Å². The van der Waals surface area contributed by atoms with Crippen molar-refractivity contribution in [1.29, 1.82) is 0 Å². The lowest BCUT2D eigenvalue weighted by atomic mass is 9.64. The van der Waals surface area contributed by atoms with Gasteiger partial charge in [0.1, 0.15) is 5.78 Å². The largest absolute Gasteiger partial charge is 0.396 e. The Kier molecular flexibility index (Phi) is 4.91. The third kappa shape index (κ3) is 2.58. The topological polar surface area (TPSA) is 77.8 Å². The van der Waals surface area contributed by atoms with Crippen LogP contribution in [0.4, 0.5) is 0 Å². The molecule has 0 aliphatic heterocycles. The summed E-state index contributed by atoms with van der Waals surface area (Å²) in [5.74, 6) is -0.614. The number of ketones is 1. The van der Waals surface area contributed by atoms with E-state index in [1.54, 1.807) is 6.92 Å². The molecular formula is C17H28O4. The lowest BCUT2D eigenvalue weighted by Gasteiger charge is -2.46. The van der Waals surface area contributed by atoms with Crippen molar-refractivity contribution in [3.8, 4) is 0 Å². The monoisotopic (exact) mass is 296 g/mol.